The SMILES string of the molecule is COCCCNC(=O)c1cc(NC(=O)N(C)C)ccc1N1CCN(Cc2ccccc2)CC1. The molecule has 1 saturated heterocycles. The number of nitrogens with one attached hydrogen (secondary N) is 2. The molecule has 2 N–H and O–H groups in total. The fraction of sp³-hybridized carbons (Fsp3) is 0.440. The van der Waals surface area contributed by atoms with Crippen LogP contribution in [0.4, 0.5) is 16.2 Å². The second-order valence-electron chi connectivity index (χ2n) is 8.41. The van der Waals surface area contributed by atoms with Gasteiger partial charge in [0.15, 0.2) is 0 Å². The van der Waals surface area contributed by atoms with Gasteiger partial charge in [0.2, 0.25) is 0 Å². The van der Waals surface area contributed by atoms with Gasteiger partial charge in [0.25, 0.3) is 5.91 Å². The summed E-state index contributed by atoms with van der Waals surface area (Å²) < 4.78 is 5.07. The number of urea groups is 1. The third-order valence-electron chi connectivity index (χ3n) is 5.67. The standard InChI is InChI=1S/C25H35N5O3/c1-28(2)25(32)27-21-10-11-23(22(18-21)24(31)26-12-7-17-33-3)30-15-13-29(14-16-30)19-20-8-5-4-6-9-20/h4-6,8-11,18H,7,12-17,19H2,1-3H3,(H,26,31)(H,27,32). The molecule has 0 saturated carbocycles. The van der Waals surface area contributed by atoms with Crippen molar-refractivity contribution in [2.45, 2.75) is 13.0 Å². The second-order valence-corrected chi connectivity index (χ2v) is 8.41. The van der Waals surface area contributed by atoms with E-state index in [0.717, 1.165) is 44.8 Å². The maximum Gasteiger partial charge on any atom is 0.321 e. The van der Waals surface area contributed by atoms with Crippen LogP contribution in [0.25, 0.3) is 0 Å². The van der Waals surface area contributed by atoms with Crippen molar-refractivity contribution < 1.29 is 14.3 Å². The molecule has 0 unspecified atom stereocenters. The number of nitrogens with zero attached hydrogens (tertiary/aromatic N) is 3. The number of methoxy groups -OCH3 is 1. The van der Waals surface area contributed by atoms with E-state index in [9.17, 15) is 9.59 Å². The summed E-state index contributed by atoms with van der Waals surface area (Å²) in [5.41, 5.74) is 3.37. The molecule has 1 aliphatic heterocycles. The molecular formula is C25H35N5O3. The Bertz CT molecular complexity index is 912. The van der Waals surface area contributed by atoms with Gasteiger partial charge in [0, 0.05) is 78.5 Å². The van der Waals surface area contributed by atoms with Crippen molar-refractivity contribution in [1.29, 1.82) is 0 Å². The van der Waals surface area contributed by atoms with Crippen LogP contribution in [0.2, 0.25) is 0 Å². The average Bonchev–Trinajstić information content (AvgIpc) is 2.83. The minimum atomic E-state index is -0.233. The number of anilines is 2. The number of hydrogen-bond acceptors (Lipinski definition) is 5. The number of carbonyl (C=O) groups is 2. The third kappa shape index (κ3) is 7.20. The summed E-state index contributed by atoms with van der Waals surface area (Å²) in [5, 5.41) is 5.82. The Morgan fingerprint density at radius 3 is 2.42 bits per heavy atom. The quantitative estimate of drug-likeness (QED) is 0.571. The summed E-state index contributed by atoms with van der Waals surface area (Å²) in [6.45, 7) is 5.56. The number of carbonyl (C=O) groups excluding carboxylic acids is 2. The molecule has 3 amide bonds. The van der Waals surface area contributed by atoms with E-state index in [0.29, 0.717) is 24.4 Å². The lowest BCUT2D eigenvalue weighted by Crippen LogP contribution is -2.46. The minimum Gasteiger partial charge on any atom is -0.385 e. The van der Waals surface area contributed by atoms with Crippen molar-refractivity contribution in [2.24, 2.45) is 0 Å². The first-order valence-electron chi connectivity index (χ1n) is 11.4. The van der Waals surface area contributed by atoms with Crippen LogP contribution in [-0.4, -0.2) is 82.3 Å². The van der Waals surface area contributed by atoms with Crippen LogP contribution >= 0.6 is 0 Å². The molecule has 8 heteroatoms. The first-order valence-corrected chi connectivity index (χ1v) is 11.4. The number of amides is 3. The van der Waals surface area contributed by atoms with Crippen molar-refractivity contribution in [2.75, 3.05) is 70.8 Å². The molecule has 0 aromatic heterocycles. The predicted octanol–water partition coefficient (Wildman–Crippen LogP) is 2.87. The number of ether oxygens (including phenoxy) is 1. The van der Waals surface area contributed by atoms with Crippen LogP contribution in [0.15, 0.2) is 48.5 Å². The van der Waals surface area contributed by atoms with Crippen LogP contribution in [0.1, 0.15) is 22.3 Å². The molecule has 0 bridgehead atoms. The fourth-order valence-corrected chi connectivity index (χ4v) is 3.81. The topological polar surface area (TPSA) is 77.1 Å². The smallest absolute Gasteiger partial charge is 0.321 e. The first-order chi connectivity index (χ1) is 16.0. The molecule has 1 aliphatic rings. The zero-order valence-electron chi connectivity index (χ0n) is 19.8. The zero-order valence-corrected chi connectivity index (χ0v) is 19.8. The highest BCUT2D eigenvalue weighted by Crippen LogP contribution is 2.26. The Hall–Kier alpha value is -3.10. The molecule has 0 radical (unpaired) electrons. The van der Waals surface area contributed by atoms with Crippen LogP contribution < -0.4 is 15.5 Å². The van der Waals surface area contributed by atoms with E-state index in [-0.39, 0.29) is 11.9 Å². The Morgan fingerprint density at radius 1 is 1.03 bits per heavy atom. The highest BCUT2D eigenvalue weighted by molar-refractivity contribution is 6.02. The van der Waals surface area contributed by atoms with Gasteiger partial charge in [-0.2, -0.15) is 0 Å². The van der Waals surface area contributed by atoms with E-state index in [2.05, 4.69) is 44.7 Å². The van der Waals surface area contributed by atoms with Crippen molar-refractivity contribution in [3.8, 4) is 0 Å². The van der Waals surface area contributed by atoms with Crippen molar-refractivity contribution >= 4 is 23.3 Å². The lowest BCUT2D eigenvalue weighted by molar-refractivity contribution is 0.0949. The van der Waals surface area contributed by atoms with E-state index in [4.69, 9.17) is 4.74 Å². The van der Waals surface area contributed by atoms with Crippen molar-refractivity contribution in [3.05, 3.63) is 59.7 Å². The molecule has 8 nitrogen and oxygen atoms in total. The molecular weight excluding hydrogens is 418 g/mol. The maximum absolute atomic E-state index is 13.0. The highest BCUT2D eigenvalue weighted by atomic mass is 16.5. The van der Waals surface area contributed by atoms with E-state index >= 15 is 0 Å². The predicted molar refractivity (Wildman–Crippen MR) is 132 cm³/mol. The highest BCUT2D eigenvalue weighted by Gasteiger charge is 2.22. The zero-order chi connectivity index (χ0) is 23.6. The normalized spacial score (nSPS) is 14.1. The van der Waals surface area contributed by atoms with Gasteiger partial charge in [-0.3, -0.25) is 9.69 Å². The number of piperazine rings is 1. The molecule has 178 valence electrons. The molecule has 0 atom stereocenters. The average molecular weight is 454 g/mol. The van der Waals surface area contributed by atoms with E-state index < -0.39 is 0 Å². The summed E-state index contributed by atoms with van der Waals surface area (Å²) in [7, 11) is 5.01. The molecule has 0 spiro atoms. The molecule has 0 aliphatic carbocycles. The van der Waals surface area contributed by atoms with Gasteiger partial charge < -0.3 is 25.2 Å². The molecule has 2 aromatic rings. The molecule has 33 heavy (non-hydrogen) atoms. The van der Waals surface area contributed by atoms with Gasteiger partial charge >= 0.3 is 6.03 Å². The monoisotopic (exact) mass is 453 g/mol. The van der Waals surface area contributed by atoms with E-state index in [1.807, 2.05) is 18.2 Å². The largest absolute Gasteiger partial charge is 0.385 e. The number of benzene rings is 2. The Morgan fingerprint density at radius 2 is 1.76 bits per heavy atom. The van der Waals surface area contributed by atoms with Crippen LogP contribution in [0.3, 0.4) is 0 Å². The summed E-state index contributed by atoms with van der Waals surface area (Å²) in [6.07, 6.45) is 0.743. The molecule has 3 rings (SSSR count). The summed E-state index contributed by atoms with van der Waals surface area (Å²) in [4.78, 5) is 31.3. The fourth-order valence-electron chi connectivity index (χ4n) is 3.81. The maximum atomic E-state index is 13.0. The Balaban J connectivity index is 1.71. The van der Waals surface area contributed by atoms with Crippen molar-refractivity contribution in [3.63, 3.8) is 0 Å². The summed E-state index contributed by atoms with van der Waals surface area (Å²) in [6, 6.07) is 15.8. The van der Waals surface area contributed by atoms with Crippen LogP contribution in [0.5, 0.6) is 0 Å². The van der Waals surface area contributed by atoms with Crippen LogP contribution in [0, 0.1) is 0 Å². The lowest BCUT2D eigenvalue weighted by Gasteiger charge is -2.37. The van der Waals surface area contributed by atoms with Crippen LogP contribution in [-0.2, 0) is 11.3 Å². The summed E-state index contributed by atoms with van der Waals surface area (Å²) in [5.74, 6) is -0.145. The molecule has 1 fully saturated rings. The van der Waals surface area contributed by atoms with Gasteiger partial charge in [-0.1, -0.05) is 30.3 Å². The number of rotatable bonds is 9. The first kappa shape index (κ1) is 24.5. The van der Waals surface area contributed by atoms with Gasteiger partial charge in [-0.05, 0) is 30.2 Å². The van der Waals surface area contributed by atoms with Crippen molar-refractivity contribution in [1.82, 2.24) is 15.1 Å². The molecule has 2 aromatic carbocycles. The number of hydrogen-bond donors (Lipinski definition) is 2. The van der Waals surface area contributed by atoms with Gasteiger partial charge in [0.1, 0.15) is 0 Å². The summed E-state index contributed by atoms with van der Waals surface area (Å²) >= 11 is 0. The van der Waals surface area contributed by atoms with Gasteiger partial charge in [0.05, 0.1) is 5.56 Å². The Kier molecular flexibility index (Phi) is 9.09. The lowest BCUT2D eigenvalue weighted by atomic mass is 10.1. The van der Waals surface area contributed by atoms with E-state index in [1.54, 1.807) is 27.3 Å². The van der Waals surface area contributed by atoms with Gasteiger partial charge in [-0.15, -0.1) is 0 Å². The van der Waals surface area contributed by atoms with Gasteiger partial charge in [-0.25, -0.2) is 4.79 Å². The van der Waals surface area contributed by atoms with E-state index in [1.165, 1.54) is 10.5 Å². The Labute approximate surface area is 196 Å². The third-order valence-corrected chi connectivity index (χ3v) is 5.67. The minimum absolute atomic E-state index is 0.145. The molecule has 1 heterocycles. The second kappa shape index (κ2) is 12.2.